The molecule has 0 saturated heterocycles. The van der Waals surface area contributed by atoms with Crippen LogP contribution in [0.5, 0.6) is 0 Å². The maximum absolute atomic E-state index is 4.86. The molecule has 2 N–H and O–H groups in total. The van der Waals surface area contributed by atoms with Gasteiger partial charge in [-0.15, -0.1) is 9.32 Å². The van der Waals surface area contributed by atoms with Gasteiger partial charge in [0.05, 0.1) is 25.1 Å². The Labute approximate surface area is 163 Å². The first-order chi connectivity index (χ1) is 13.2. The Morgan fingerprint density at radius 3 is 2.07 bits per heavy atom. The smallest absolute Gasteiger partial charge is 0.122 e. The van der Waals surface area contributed by atoms with Gasteiger partial charge in [0, 0.05) is 50.3 Å². The van der Waals surface area contributed by atoms with Crippen molar-refractivity contribution in [2.24, 2.45) is 20.0 Å². The van der Waals surface area contributed by atoms with Crippen molar-refractivity contribution in [2.45, 2.75) is 24.4 Å². The third kappa shape index (κ3) is 5.65. The average molecular weight is 388 g/mol. The summed E-state index contributed by atoms with van der Waals surface area (Å²) in [5.41, 5.74) is 1.25. The molecule has 144 valence electrons. The van der Waals surface area contributed by atoms with E-state index in [0.29, 0.717) is 0 Å². The van der Waals surface area contributed by atoms with E-state index in [1.807, 2.05) is 51.0 Å². The van der Waals surface area contributed by atoms with Gasteiger partial charge in [-0.25, -0.2) is 9.97 Å². The molecule has 0 atom stereocenters. The van der Waals surface area contributed by atoms with Gasteiger partial charge in [-0.05, 0) is 24.1 Å². The van der Waals surface area contributed by atoms with Crippen LogP contribution in [0.2, 0.25) is 0 Å². The summed E-state index contributed by atoms with van der Waals surface area (Å²) in [6.45, 7) is 2.44. The van der Waals surface area contributed by atoms with E-state index in [2.05, 4.69) is 45.5 Å². The minimum absolute atomic E-state index is 0.770. The second-order valence-corrected chi connectivity index (χ2v) is 7.04. The molecule has 27 heavy (non-hydrogen) atoms. The van der Waals surface area contributed by atoms with E-state index in [9.17, 15) is 0 Å². The predicted molar refractivity (Wildman–Crippen MR) is 103 cm³/mol. The Hall–Kier alpha value is -2.17. The SMILES string of the molecule is Cn1ccnc1CN(CCc1ccc(SOON)cc1)Cc1nccn1C. The molecule has 3 aromatic rings. The molecule has 0 amide bonds. The summed E-state index contributed by atoms with van der Waals surface area (Å²) >= 11 is 1.08. The highest BCUT2D eigenvalue weighted by Gasteiger charge is 2.13. The minimum atomic E-state index is 0.770. The third-order valence-electron chi connectivity index (χ3n) is 4.38. The number of nitrogens with two attached hydrogens (primary N) is 1. The molecule has 0 bridgehead atoms. The number of hydrogen-bond acceptors (Lipinski definition) is 7. The number of aromatic nitrogens is 4. The van der Waals surface area contributed by atoms with Crippen molar-refractivity contribution >= 4 is 12.0 Å². The summed E-state index contributed by atoms with van der Waals surface area (Å²) in [6.07, 6.45) is 8.53. The molecule has 0 saturated carbocycles. The first kappa shape index (κ1) is 19.6. The number of aryl methyl sites for hydroxylation is 2. The van der Waals surface area contributed by atoms with Gasteiger partial charge >= 0.3 is 0 Å². The van der Waals surface area contributed by atoms with Gasteiger partial charge in [0.25, 0.3) is 0 Å². The van der Waals surface area contributed by atoms with E-state index >= 15 is 0 Å². The molecule has 2 aromatic heterocycles. The van der Waals surface area contributed by atoms with Gasteiger partial charge in [-0.3, -0.25) is 4.90 Å². The van der Waals surface area contributed by atoms with E-state index in [4.69, 9.17) is 5.90 Å². The Morgan fingerprint density at radius 2 is 1.59 bits per heavy atom. The summed E-state index contributed by atoms with van der Waals surface area (Å²) in [4.78, 5) is 16.3. The molecule has 9 heteroatoms. The Morgan fingerprint density at radius 1 is 1.00 bits per heavy atom. The van der Waals surface area contributed by atoms with E-state index in [1.54, 1.807) is 0 Å². The minimum Gasteiger partial charge on any atom is -0.337 e. The van der Waals surface area contributed by atoms with E-state index in [0.717, 1.165) is 54.6 Å². The van der Waals surface area contributed by atoms with E-state index < -0.39 is 0 Å². The highest BCUT2D eigenvalue weighted by Crippen LogP contribution is 2.19. The second kappa shape index (κ2) is 9.67. The van der Waals surface area contributed by atoms with Crippen molar-refractivity contribution in [2.75, 3.05) is 6.54 Å². The summed E-state index contributed by atoms with van der Waals surface area (Å²) in [7, 11) is 4.04. The molecule has 1 aromatic carbocycles. The standard InChI is InChI=1S/C18H24N6O2S/c1-22-11-8-20-17(22)13-24(14-18-21-9-12-23(18)2)10-7-15-3-5-16(6-4-15)27-26-25-19/h3-6,8-9,11-12H,7,10,13-14,19H2,1-2H3. The number of rotatable bonds is 10. The van der Waals surface area contributed by atoms with Gasteiger partial charge in [-0.1, -0.05) is 12.1 Å². The van der Waals surface area contributed by atoms with Crippen LogP contribution in [0.15, 0.2) is 53.9 Å². The van der Waals surface area contributed by atoms with Crippen LogP contribution in [-0.2, 0) is 42.9 Å². The van der Waals surface area contributed by atoms with Crippen molar-refractivity contribution in [3.05, 3.63) is 66.3 Å². The van der Waals surface area contributed by atoms with Crippen molar-refractivity contribution in [1.82, 2.24) is 24.0 Å². The first-order valence-electron chi connectivity index (χ1n) is 8.59. The lowest BCUT2D eigenvalue weighted by atomic mass is 10.1. The number of nitrogens with zero attached hydrogens (tertiary/aromatic N) is 5. The normalized spacial score (nSPS) is 11.4. The molecular weight excluding hydrogens is 364 g/mol. The first-order valence-corrected chi connectivity index (χ1v) is 9.33. The van der Waals surface area contributed by atoms with Crippen molar-refractivity contribution < 1.29 is 9.32 Å². The molecule has 0 radical (unpaired) electrons. The molecule has 2 heterocycles. The van der Waals surface area contributed by atoms with Crippen molar-refractivity contribution in [3.8, 4) is 0 Å². The largest absolute Gasteiger partial charge is 0.337 e. The van der Waals surface area contributed by atoms with Crippen molar-refractivity contribution in [3.63, 3.8) is 0 Å². The van der Waals surface area contributed by atoms with Crippen LogP contribution in [0.25, 0.3) is 0 Å². The lowest BCUT2D eigenvalue weighted by Crippen LogP contribution is -2.28. The van der Waals surface area contributed by atoms with Gasteiger partial charge in [0.15, 0.2) is 0 Å². The lowest BCUT2D eigenvalue weighted by Gasteiger charge is -2.22. The Balaban J connectivity index is 1.63. The topological polar surface area (TPSA) is 83.4 Å². The second-order valence-electron chi connectivity index (χ2n) is 6.26. The number of hydrogen-bond donors (Lipinski definition) is 1. The Kier molecular flexibility index (Phi) is 7.02. The van der Waals surface area contributed by atoms with Crippen molar-refractivity contribution in [1.29, 1.82) is 0 Å². The van der Waals surface area contributed by atoms with Crippen LogP contribution in [0.3, 0.4) is 0 Å². The average Bonchev–Trinajstić information content (AvgIpc) is 3.27. The zero-order valence-electron chi connectivity index (χ0n) is 15.5. The maximum atomic E-state index is 4.86. The highest BCUT2D eigenvalue weighted by atomic mass is 32.2. The highest BCUT2D eigenvalue weighted by molar-refractivity contribution is 7.94. The molecule has 0 spiro atoms. The molecule has 0 aliphatic heterocycles. The van der Waals surface area contributed by atoms with Crippen LogP contribution >= 0.6 is 12.0 Å². The van der Waals surface area contributed by atoms with Crippen LogP contribution in [0.1, 0.15) is 17.2 Å². The van der Waals surface area contributed by atoms with Gasteiger partial charge in [0.1, 0.15) is 11.6 Å². The summed E-state index contributed by atoms with van der Waals surface area (Å²) < 4.78 is 8.77. The van der Waals surface area contributed by atoms with Gasteiger partial charge < -0.3 is 9.13 Å². The molecule has 8 nitrogen and oxygen atoms in total. The molecule has 0 aliphatic rings. The molecule has 0 unspecified atom stereocenters. The molecular formula is C18H24N6O2S. The molecule has 3 rings (SSSR count). The lowest BCUT2D eigenvalue weighted by molar-refractivity contribution is -0.195. The van der Waals surface area contributed by atoms with Crippen LogP contribution in [0, 0.1) is 0 Å². The fraction of sp³-hybridized carbons (Fsp3) is 0.333. The third-order valence-corrected chi connectivity index (χ3v) is 4.99. The quantitative estimate of drug-likeness (QED) is 0.324. The van der Waals surface area contributed by atoms with Gasteiger partial charge in [-0.2, -0.15) is 5.90 Å². The summed E-state index contributed by atoms with van der Waals surface area (Å²) in [5, 5.41) is 0. The summed E-state index contributed by atoms with van der Waals surface area (Å²) in [5.74, 6) is 6.93. The molecule has 0 aliphatic carbocycles. The number of imidazole rings is 2. The zero-order valence-corrected chi connectivity index (χ0v) is 16.3. The Bertz CT molecular complexity index is 790. The monoisotopic (exact) mass is 388 g/mol. The van der Waals surface area contributed by atoms with E-state index in [1.165, 1.54) is 5.56 Å². The molecule has 0 fully saturated rings. The maximum Gasteiger partial charge on any atom is 0.122 e. The summed E-state index contributed by atoms with van der Waals surface area (Å²) in [6, 6.07) is 8.14. The fourth-order valence-corrected chi connectivity index (χ4v) is 3.13. The van der Waals surface area contributed by atoms with Gasteiger partial charge in [0.2, 0.25) is 0 Å². The predicted octanol–water partition coefficient (Wildman–Crippen LogP) is 2.23. The van der Waals surface area contributed by atoms with Crippen LogP contribution in [-0.4, -0.2) is 30.5 Å². The van der Waals surface area contributed by atoms with Crippen LogP contribution < -0.4 is 5.90 Å². The fourth-order valence-electron chi connectivity index (χ4n) is 2.77. The van der Waals surface area contributed by atoms with Crippen LogP contribution in [0.4, 0.5) is 0 Å². The zero-order chi connectivity index (χ0) is 19.1. The number of benzene rings is 1. The van der Waals surface area contributed by atoms with E-state index in [-0.39, 0.29) is 0 Å².